The summed E-state index contributed by atoms with van der Waals surface area (Å²) < 4.78 is 0. The number of thiol groups is 2. The Morgan fingerprint density at radius 1 is 1.00 bits per heavy atom. The van der Waals surface area contributed by atoms with Crippen molar-refractivity contribution in [3.05, 3.63) is 9.81 Å². The van der Waals surface area contributed by atoms with E-state index in [0.717, 1.165) is 0 Å². The van der Waals surface area contributed by atoms with E-state index in [2.05, 4.69) is 25.3 Å². The predicted molar refractivity (Wildman–Crippen MR) is 39.8 cm³/mol. The zero-order valence-corrected chi connectivity index (χ0v) is 6.08. The zero-order valence-electron chi connectivity index (χ0n) is 4.29. The van der Waals surface area contributed by atoms with Gasteiger partial charge >= 0.3 is 0 Å². The van der Waals surface area contributed by atoms with Gasteiger partial charge in [0.2, 0.25) is 0 Å². The molecule has 2 N–H and O–H groups in total. The maximum Gasteiger partial charge on any atom is 0.108 e. The van der Waals surface area contributed by atoms with E-state index in [1.54, 1.807) is 12.1 Å². The van der Waals surface area contributed by atoms with Gasteiger partial charge in [-0.15, -0.1) is 25.3 Å². The second-order valence-electron chi connectivity index (χ2n) is 0.921. The van der Waals surface area contributed by atoms with Crippen LogP contribution in [0.15, 0.2) is 9.81 Å². The summed E-state index contributed by atoms with van der Waals surface area (Å²) >= 11 is 7.25. The van der Waals surface area contributed by atoms with Crippen molar-refractivity contribution in [2.75, 3.05) is 0 Å². The average molecular weight is 160 g/mol. The van der Waals surface area contributed by atoms with E-state index in [4.69, 9.17) is 10.5 Å². The summed E-state index contributed by atoms with van der Waals surface area (Å²) in [4.78, 5) is 0.103. The molecule has 0 fully saturated rings. The summed E-state index contributed by atoms with van der Waals surface area (Å²) in [6, 6.07) is 3.32. The lowest BCUT2D eigenvalue weighted by atomic mass is 10.5. The van der Waals surface area contributed by atoms with Crippen molar-refractivity contribution in [3.8, 4) is 12.1 Å². The van der Waals surface area contributed by atoms with Gasteiger partial charge in [-0.25, -0.2) is 0 Å². The first-order valence-electron chi connectivity index (χ1n) is 1.64. The Balaban J connectivity index is 0. The molecule has 0 atom stereocenters. The van der Waals surface area contributed by atoms with Gasteiger partial charge in [0, 0.05) is 0 Å². The maximum atomic E-state index is 8.05. The largest absolute Gasteiger partial charge is 0.412 e. The number of rotatable bonds is 0. The summed E-state index contributed by atoms with van der Waals surface area (Å²) in [5, 5.41) is 16.1. The van der Waals surface area contributed by atoms with E-state index in [1.807, 2.05) is 0 Å². The molecule has 0 aromatic rings. The Kier molecular flexibility index (Phi) is 6.87. The van der Waals surface area contributed by atoms with Gasteiger partial charge in [-0.2, -0.15) is 10.5 Å². The van der Waals surface area contributed by atoms with E-state index in [0.29, 0.717) is 0 Å². The first kappa shape index (κ1) is 11.2. The van der Waals surface area contributed by atoms with Gasteiger partial charge in [0.15, 0.2) is 0 Å². The molecule has 0 unspecified atom stereocenters. The van der Waals surface area contributed by atoms with Gasteiger partial charge in [-0.05, 0) is 0 Å². The molecule has 0 aliphatic rings. The first-order valence-corrected chi connectivity index (χ1v) is 2.54. The van der Waals surface area contributed by atoms with Crippen LogP contribution in [0.2, 0.25) is 0 Å². The van der Waals surface area contributed by atoms with Crippen molar-refractivity contribution < 1.29 is 5.48 Å². The van der Waals surface area contributed by atoms with Gasteiger partial charge in [0.25, 0.3) is 0 Å². The number of hydrogen-bond donors (Lipinski definition) is 2. The molecule has 0 spiro atoms. The number of allylic oxidation sites excluding steroid dienone is 2. The molecule has 0 aromatic heterocycles. The van der Waals surface area contributed by atoms with Crippen molar-refractivity contribution in [1.29, 1.82) is 10.5 Å². The molecule has 0 saturated heterocycles. The van der Waals surface area contributed by atoms with Crippen LogP contribution in [-0.4, -0.2) is 5.48 Å². The summed E-state index contributed by atoms with van der Waals surface area (Å²) in [5.74, 6) is 0. The Hall–Kier alpha value is -0.620. The Bertz CT molecular complexity index is 176. The van der Waals surface area contributed by atoms with Crippen molar-refractivity contribution in [2.24, 2.45) is 0 Å². The van der Waals surface area contributed by atoms with Gasteiger partial charge in [0.1, 0.15) is 21.9 Å². The molecule has 3 nitrogen and oxygen atoms in total. The van der Waals surface area contributed by atoms with Crippen LogP contribution in [-0.2, 0) is 0 Å². The highest BCUT2D eigenvalue weighted by Crippen LogP contribution is 2.08. The summed E-state index contributed by atoms with van der Waals surface area (Å²) in [7, 11) is 0. The van der Waals surface area contributed by atoms with E-state index >= 15 is 0 Å². The molecule has 0 heterocycles. The lowest BCUT2D eigenvalue weighted by Gasteiger charge is -1.79. The highest BCUT2D eigenvalue weighted by Gasteiger charge is 1.91. The molecule has 0 bridgehead atoms. The van der Waals surface area contributed by atoms with Gasteiger partial charge in [-0.3, -0.25) is 0 Å². The lowest BCUT2D eigenvalue weighted by Crippen LogP contribution is -1.66. The van der Waals surface area contributed by atoms with E-state index < -0.39 is 0 Å². The molecule has 48 valence electrons. The van der Waals surface area contributed by atoms with Crippen LogP contribution in [0.4, 0.5) is 0 Å². The lowest BCUT2D eigenvalue weighted by molar-refractivity contribution is 0.824. The van der Waals surface area contributed by atoms with Crippen LogP contribution in [0.3, 0.4) is 0 Å². The smallest absolute Gasteiger partial charge is 0.108 e. The first-order chi connectivity index (χ1) is 3.72. The number of nitrogens with zero attached hydrogens (tertiary/aromatic N) is 2. The van der Waals surface area contributed by atoms with Gasteiger partial charge < -0.3 is 5.48 Å². The molecule has 5 heteroatoms. The summed E-state index contributed by atoms with van der Waals surface area (Å²) in [6.45, 7) is 0. The molecule has 0 aliphatic carbocycles. The third-order valence-corrected chi connectivity index (χ3v) is 1.26. The molecule has 0 radical (unpaired) electrons. The van der Waals surface area contributed by atoms with Crippen LogP contribution in [0.1, 0.15) is 0 Å². The Labute approximate surface area is 63.7 Å². The normalized spacial score (nSPS) is 9.78. The third-order valence-electron chi connectivity index (χ3n) is 0.436. The van der Waals surface area contributed by atoms with Gasteiger partial charge in [-0.1, -0.05) is 0 Å². The van der Waals surface area contributed by atoms with E-state index in [1.165, 1.54) is 0 Å². The molecule has 0 rings (SSSR count). The second kappa shape index (κ2) is 5.52. The van der Waals surface area contributed by atoms with Gasteiger partial charge in [0.05, 0.1) is 0 Å². The van der Waals surface area contributed by atoms with E-state index in [9.17, 15) is 0 Å². The Morgan fingerprint density at radius 2 is 1.22 bits per heavy atom. The standard InChI is InChI=1S/C4H2N2S2.H2O/c5-1-3(7)4(8)2-6;/h7-8H;1H2. The highest BCUT2D eigenvalue weighted by molar-refractivity contribution is 7.89. The van der Waals surface area contributed by atoms with Crippen LogP contribution in [0, 0.1) is 22.7 Å². The highest BCUT2D eigenvalue weighted by atomic mass is 32.1. The second-order valence-corrected chi connectivity index (χ2v) is 1.82. The van der Waals surface area contributed by atoms with Crippen LogP contribution >= 0.6 is 25.3 Å². The predicted octanol–water partition coefficient (Wildman–Crippen LogP) is 0.280. The Morgan fingerprint density at radius 3 is 1.33 bits per heavy atom. The number of nitriles is 2. The average Bonchev–Trinajstić information content (AvgIpc) is 1.84. The topological polar surface area (TPSA) is 79.1 Å². The minimum atomic E-state index is 0. The van der Waals surface area contributed by atoms with E-state index in [-0.39, 0.29) is 15.3 Å². The zero-order chi connectivity index (χ0) is 6.57. The number of hydrogen-bond acceptors (Lipinski definition) is 4. The SMILES string of the molecule is N#CC(S)=C(S)C#N.O. The van der Waals surface area contributed by atoms with Crippen molar-refractivity contribution in [2.45, 2.75) is 0 Å². The minimum absolute atomic E-state index is 0. The van der Waals surface area contributed by atoms with Crippen molar-refractivity contribution in [1.82, 2.24) is 0 Å². The fourth-order valence-corrected chi connectivity index (χ4v) is 0.206. The van der Waals surface area contributed by atoms with Crippen LogP contribution < -0.4 is 0 Å². The molecule has 9 heavy (non-hydrogen) atoms. The fraction of sp³-hybridized carbons (Fsp3) is 0. The maximum absolute atomic E-state index is 8.05. The summed E-state index contributed by atoms with van der Waals surface area (Å²) in [5.41, 5.74) is 0. The molecular formula is C4H4N2OS2. The molecule has 0 amide bonds. The monoisotopic (exact) mass is 160 g/mol. The van der Waals surface area contributed by atoms with Crippen molar-refractivity contribution >= 4 is 25.3 Å². The quantitative estimate of drug-likeness (QED) is 0.394. The van der Waals surface area contributed by atoms with Crippen LogP contribution in [0.5, 0.6) is 0 Å². The molecule has 0 aromatic carbocycles. The minimum Gasteiger partial charge on any atom is -0.412 e. The third kappa shape index (κ3) is 3.92. The molecular weight excluding hydrogens is 156 g/mol. The summed E-state index contributed by atoms with van der Waals surface area (Å²) in [6.07, 6.45) is 0. The van der Waals surface area contributed by atoms with Crippen molar-refractivity contribution in [3.63, 3.8) is 0 Å². The molecule has 0 aliphatic heterocycles. The fourth-order valence-electron chi connectivity index (χ4n) is 0.106. The molecule has 0 saturated carbocycles. The van der Waals surface area contributed by atoms with Crippen LogP contribution in [0.25, 0.3) is 0 Å².